The molecule has 3 fully saturated rings. The number of likely N-dealkylation sites (tertiary alicyclic amines) is 1. The van der Waals surface area contributed by atoms with Crippen molar-refractivity contribution in [3.63, 3.8) is 0 Å². The van der Waals surface area contributed by atoms with E-state index in [1.807, 2.05) is 0 Å². The monoisotopic (exact) mass is 280 g/mol. The predicted molar refractivity (Wildman–Crippen MR) is 74.3 cm³/mol. The minimum Gasteiger partial charge on any atom is -0.480 e. The number of carboxylic acid groups (broad SMARTS) is 1. The highest BCUT2D eigenvalue weighted by molar-refractivity contribution is 5.77. The number of carbonyl (C=O) groups is 2. The maximum atomic E-state index is 11.8. The number of amides is 1. The van der Waals surface area contributed by atoms with Crippen LogP contribution in [0, 0.1) is 5.92 Å². The second-order valence-electron chi connectivity index (χ2n) is 6.50. The molecule has 2 N–H and O–H groups in total. The highest BCUT2D eigenvalue weighted by Gasteiger charge is 2.48. The molecule has 1 saturated carbocycles. The maximum Gasteiger partial charge on any atom is 0.320 e. The Balaban J connectivity index is 1.82. The van der Waals surface area contributed by atoms with Crippen LogP contribution < -0.4 is 5.32 Å². The zero-order valence-electron chi connectivity index (χ0n) is 11.9. The normalized spacial score (nSPS) is 38.9. The van der Waals surface area contributed by atoms with Gasteiger partial charge in [0, 0.05) is 25.0 Å². The molecule has 1 aliphatic carbocycles. The van der Waals surface area contributed by atoms with Crippen molar-refractivity contribution in [2.45, 2.75) is 69.5 Å². The van der Waals surface area contributed by atoms with Crippen molar-refractivity contribution in [2.24, 2.45) is 5.92 Å². The number of aliphatic carboxylic acids is 1. The van der Waals surface area contributed by atoms with E-state index in [1.165, 1.54) is 12.8 Å². The summed E-state index contributed by atoms with van der Waals surface area (Å²) in [7, 11) is 0. The number of nitrogens with one attached hydrogen (secondary N) is 1. The Kier molecular flexibility index (Phi) is 3.96. The fourth-order valence-corrected chi connectivity index (χ4v) is 4.46. The van der Waals surface area contributed by atoms with Gasteiger partial charge in [0.2, 0.25) is 5.91 Å². The summed E-state index contributed by atoms with van der Waals surface area (Å²) in [5.74, 6) is -0.101. The first-order valence-corrected chi connectivity index (χ1v) is 7.94. The van der Waals surface area contributed by atoms with Gasteiger partial charge in [0.05, 0.1) is 0 Å². The van der Waals surface area contributed by atoms with E-state index in [0.29, 0.717) is 18.4 Å². The van der Waals surface area contributed by atoms with E-state index < -0.39 is 5.97 Å². The summed E-state index contributed by atoms with van der Waals surface area (Å²) in [5.41, 5.74) is 0. The molecule has 3 aliphatic rings. The Hall–Kier alpha value is -1.10. The van der Waals surface area contributed by atoms with E-state index in [9.17, 15) is 14.7 Å². The average Bonchev–Trinajstić information content (AvgIpc) is 2.69. The zero-order valence-corrected chi connectivity index (χ0v) is 11.9. The van der Waals surface area contributed by atoms with Crippen LogP contribution in [-0.4, -0.2) is 46.6 Å². The molecule has 0 bridgehead atoms. The second-order valence-corrected chi connectivity index (χ2v) is 6.50. The van der Waals surface area contributed by atoms with E-state index in [-0.39, 0.29) is 18.0 Å². The molecule has 20 heavy (non-hydrogen) atoms. The van der Waals surface area contributed by atoms with Crippen LogP contribution >= 0.6 is 0 Å². The molecule has 5 heteroatoms. The molecule has 0 aromatic rings. The van der Waals surface area contributed by atoms with Crippen molar-refractivity contribution in [2.75, 3.05) is 6.54 Å². The molecule has 1 amide bonds. The average molecular weight is 280 g/mol. The first-order chi connectivity index (χ1) is 9.66. The van der Waals surface area contributed by atoms with Crippen LogP contribution in [0.1, 0.15) is 51.4 Å². The van der Waals surface area contributed by atoms with Crippen LogP contribution in [0.5, 0.6) is 0 Å². The fraction of sp³-hybridized carbons (Fsp3) is 0.867. The van der Waals surface area contributed by atoms with Crippen molar-refractivity contribution in [1.82, 2.24) is 10.2 Å². The third kappa shape index (κ3) is 2.55. The Morgan fingerprint density at radius 3 is 2.80 bits per heavy atom. The SMILES string of the molecule is O=C1CC(N2C(C(=O)O)CC3CCCCC32)CCCN1. The van der Waals surface area contributed by atoms with E-state index in [0.717, 1.165) is 38.6 Å². The van der Waals surface area contributed by atoms with Gasteiger partial charge < -0.3 is 10.4 Å². The molecule has 0 aromatic carbocycles. The number of carboxylic acids is 1. The molecule has 2 heterocycles. The molecule has 112 valence electrons. The van der Waals surface area contributed by atoms with Gasteiger partial charge >= 0.3 is 5.97 Å². The Labute approximate surface area is 119 Å². The van der Waals surface area contributed by atoms with Gasteiger partial charge in [0.15, 0.2) is 0 Å². The highest BCUT2D eigenvalue weighted by Crippen LogP contribution is 2.42. The molecule has 3 rings (SSSR count). The summed E-state index contributed by atoms with van der Waals surface area (Å²) >= 11 is 0. The quantitative estimate of drug-likeness (QED) is 0.801. The van der Waals surface area contributed by atoms with E-state index >= 15 is 0 Å². The molecule has 4 unspecified atom stereocenters. The first kappa shape index (κ1) is 13.9. The molecular weight excluding hydrogens is 256 g/mol. The standard InChI is InChI=1S/C15H24N2O3/c18-14-9-11(5-3-7-16-14)17-12-6-2-1-4-10(12)8-13(17)15(19)20/h10-13H,1-9H2,(H,16,18)(H,19,20). The van der Waals surface area contributed by atoms with Crippen LogP contribution in [0.2, 0.25) is 0 Å². The summed E-state index contributed by atoms with van der Waals surface area (Å²) < 4.78 is 0. The molecule has 2 saturated heterocycles. The lowest BCUT2D eigenvalue weighted by molar-refractivity contribution is -0.144. The van der Waals surface area contributed by atoms with Gasteiger partial charge in [-0.05, 0) is 38.0 Å². The predicted octanol–water partition coefficient (Wildman–Crippen LogP) is 1.37. The van der Waals surface area contributed by atoms with Gasteiger partial charge in [-0.15, -0.1) is 0 Å². The van der Waals surface area contributed by atoms with Gasteiger partial charge in [-0.25, -0.2) is 0 Å². The summed E-state index contributed by atoms with van der Waals surface area (Å²) in [6.07, 6.45) is 7.82. The molecule has 4 atom stereocenters. The van der Waals surface area contributed by atoms with Gasteiger partial charge in [0.1, 0.15) is 6.04 Å². The number of hydrogen-bond acceptors (Lipinski definition) is 3. The maximum absolute atomic E-state index is 11.8. The third-order valence-corrected chi connectivity index (χ3v) is 5.30. The minimum atomic E-state index is -0.705. The van der Waals surface area contributed by atoms with Crippen LogP contribution in [0.25, 0.3) is 0 Å². The van der Waals surface area contributed by atoms with E-state index in [2.05, 4.69) is 10.2 Å². The lowest BCUT2D eigenvalue weighted by Crippen LogP contribution is -2.49. The molecule has 2 aliphatic heterocycles. The Bertz CT molecular complexity index is 399. The summed E-state index contributed by atoms with van der Waals surface area (Å²) in [4.78, 5) is 25.6. The van der Waals surface area contributed by atoms with E-state index in [1.54, 1.807) is 0 Å². The molecular formula is C15H24N2O3. The van der Waals surface area contributed by atoms with Crippen molar-refractivity contribution in [1.29, 1.82) is 0 Å². The topological polar surface area (TPSA) is 69.6 Å². The number of hydrogen-bond donors (Lipinski definition) is 2. The van der Waals surface area contributed by atoms with Crippen LogP contribution in [-0.2, 0) is 9.59 Å². The van der Waals surface area contributed by atoms with Crippen molar-refractivity contribution >= 4 is 11.9 Å². The van der Waals surface area contributed by atoms with Crippen molar-refractivity contribution in [3.05, 3.63) is 0 Å². The summed E-state index contributed by atoms with van der Waals surface area (Å²) in [6.45, 7) is 0.731. The van der Waals surface area contributed by atoms with Crippen LogP contribution in [0.15, 0.2) is 0 Å². The molecule has 5 nitrogen and oxygen atoms in total. The number of carbonyl (C=O) groups excluding carboxylic acids is 1. The Morgan fingerprint density at radius 2 is 2.00 bits per heavy atom. The summed E-state index contributed by atoms with van der Waals surface area (Å²) in [5, 5.41) is 12.5. The van der Waals surface area contributed by atoms with Crippen LogP contribution in [0.3, 0.4) is 0 Å². The zero-order chi connectivity index (χ0) is 14.1. The number of fused-ring (bicyclic) bond motifs is 1. The molecule has 0 aromatic heterocycles. The lowest BCUT2D eigenvalue weighted by Gasteiger charge is -2.38. The molecule has 0 radical (unpaired) electrons. The number of rotatable bonds is 2. The summed E-state index contributed by atoms with van der Waals surface area (Å²) in [6, 6.07) is 0.131. The van der Waals surface area contributed by atoms with Crippen molar-refractivity contribution in [3.8, 4) is 0 Å². The smallest absolute Gasteiger partial charge is 0.320 e. The second kappa shape index (κ2) is 5.72. The van der Waals surface area contributed by atoms with Gasteiger partial charge in [-0.2, -0.15) is 0 Å². The Morgan fingerprint density at radius 1 is 1.20 bits per heavy atom. The fourth-order valence-electron chi connectivity index (χ4n) is 4.46. The van der Waals surface area contributed by atoms with Gasteiger partial charge in [-0.1, -0.05) is 12.8 Å². The minimum absolute atomic E-state index is 0.0795. The van der Waals surface area contributed by atoms with E-state index in [4.69, 9.17) is 0 Å². The third-order valence-electron chi connectivity index (χ3n) is 5.30. The van der Waals surface area contributed by atoms with Crippen LogP contribution in [0.4, 0.5) is 0 Å². The van der Waals surface area contributed by atoms with Gasteiger partial charge in [0.25, 0.3) is 0 Å². The van der Waals surface area contributed by atoms with Gasteiger partial charge in [-0.3, -0.25) is 14.5 Å². The largest absolute Gasteiger partial charge is 0.480 e. The highest BCUT2D eigenvalue weighted by atomic mass is 16.4. The first-order valence-electron chi connectivity index (χ1n) is 7.94. The number of nitrogens with zero attached hydrogens (tertiary/aromatic N) is 1. The molecule has 0 spiro atoms. The lowest BCUT2D eigenvalue weighted by atomic mass is 9.84. The van der Waals surface area contributed by atoms with Crippen molar-refractivity contribution < 1.29 is 14.7 Å².